The van der Waals surface area contributed by atoms with Gasteiger partial charge in [-0.3, -0.25) is 4.98 Å². The third-order valence-electron chi connectivity index (χ3n) is 3.15. The van der Waals surface area contributed by atoms with Crippen molar-refractivity contribution in [1.82, 2.24) is 4.98 Å². The third-order valence-corrected chi connectivity index (χ3v) is 3.15. The summed E-state index contributed by atoms with van der Waals surface area (Å²) < 4.78 is 5.75. The lowest BCUT2D eigenvalue weighted by atomic mass is 10.0. The lowest BCUT2D eigenvalue weighted by molar-refractivity contribution is 0.0932. The molecule has 3 heteroatoms. The lowest BCUT2D eigenvalue weighted by Gasteiger charge is -2.11. The number of aromatic hydroxyl groups is 1. The van der Waals surface area contributed by atoms with Crippen molar-refractivity contribution in [3.63, 3.8) is 0 Å². The Labute approximate surface area is 99.7 Å². The number of benzene rings is 1. The van der Waals surface area contributed by atoms with Gasteiger partial charge in [0, 0.05) is 17.3 Å². The monoisotopic (exact) mass is 227 g/mol. The van der Waals surface area contributed by atoms with E-state index < -0.39 is 0 Å². The number of aromatic nitrogens is 1. The van der Waals surface area contributed by atoms with Crippen molar-refractivity contribution >= 4 is 0 Å². The number of hydrogen-bond donors (Lipinski definition) is 1. The molecule has 1 N–H and O–H groups in total. The fourth-order valence-corrected chi connectivity index (χ4v) is 2.20. The van der Waals surface area contributed by atoms with Crippen molar-refractivity contribution in [3.8, 4) is 5.75 Å². The second-order valence-corrected chi connectivity index (χ2v) is 4.23. The normalized spacial score (nSPS) is 18.1. The first-order valence-corrected chi connectivity index (χ1v) is 5.61. The second-order valence-electron chi connectivity index (χ2n) is 4.23. The first-order valence-electron chi connectivity index (χ1n) is 5.61. The van der Waals surface area contributed by atoms with Gasteiger partial charge in [-0.15, -0.1) is 0 Å². The Bertz CT molecular complexity index is 552. The molecule has 0 spiro atoms. The van der Waals surface area contributed by atoms with E-state index in [-0.39, 0.29) is 11.9 Å². The molecule has 1 unspecified atom stereocenters. The Morgan fingerprint density at radius 1 is 1.29 bits per heavy atom. The Hall–Kier alpha value is -1.87. The number of ether oxygens (including phenoxy) is 1. The maximum Gasteiger partial charge on any atom is 0.142 e. The van der Waals surface area contributed by atoms with Crippen LogP contribution in [0.5, 0.6) is 5.75 Å². The first kappa shape index (κ1) is 10.3. The fourth-order valence-electron chi connectivity index (χ4n) is 2.20. The molecule has 0 aliphatic carbocycles. The van der Waals surface area contributed by atoms with Crippen molar-refractivity contribution in [2.45, 2.75) is 19.6 Å². The van der Waals surface area contributed by atoms with E-state index in [2.05, 4.69) is 4.98 Å². The quantitative estimate of drug-likeness (QED) is 0.814. The van der Waals surface area contributed by atoms with Crippen molar-refractivity contribution in [1.29, 1.82) is 0 Å². The van der Waals surface area contributed by atoms with E-state index in [1.807, 2.05) is 30.3 Å². The topological polar surface area (TPSA) is 42.4 Å². The van der Waals surface area contributed by atoms with E-state index in [0.717, 1.165) is 16.7 Å². The summed E-state index contributed by atoms with van der Waals surface area (Å²) in [4.78, 5) is 4.20. The molecule has 86 valence electrons. The Balaban J connectivity index is 2.08. The van der Waals surface area contributed by atoms with Gasteiger partial charge in [0.05, 0.1) is 12.3 Å². The highest BCUT2D eigenvalue weighted by Gasteiger charge is 2.28. The summed E-state index contributed by atoms with van der Waals surface area (Å²) in [7, 11) is 0. The van der Waals surface area contributed by atoms with E-state index in [1.54, 1.807) is 13.1 Å². The van der Waals surface area contributed by atoms with Crippen molar-refractivity contribution in [2.75, 3.05) is 0 Å². The van der Waals surface area contributed by atoms with E-state index in [9.17, 15) is 5.11 Å². The highest BCUT2D eigenvalue weighted by atomic mass is 16.5. The molecule has 1 aromatic heterocycles. The van der Waals surface area contributed by atoms with Gasteiger partial charge in [-0.1, -0.05) is 30.3 Å². The van der Waals surface area contributed by atoms with E-state index in [1.165, 1.54) is 0 Å². The Kier molecular flexibility index (Phi) is 2.34. The van der Waals surface area contributed by atoms with Crippen LogP contribution >= 0.6 is 0 Å². The molecular weight excluding hydrogens is 214 g/mol. The number of rotatable bonds is 1. The minimum Gasteiger partial charge on any atom is -0.506 e. The van der Waals surface area contributed by atoms with Gasteiger partial charge in [0.2, 0.25) is 0 Å². The predicted molar refractivity (Wildman–Crippen MR) is 63.7 cm³/mol. The summed E-state index contributed by atoms with van der Waals surface area (Å²) in [6.07, 6.45) is 1.69. The molecule has 0 saturated heterocycles. The second kappa shape index (κ2) is 3.86. The molecule has 1 aliphatic heterocycles. The van der Waals surface area contributed by atoms with Crippen molar-refractivity contribution in [2.24, 2.45) is 0 Å². The van der Waals surface area contributed by atoms with Gasteiger partial charge in [0.1, 0.15) is 11.9 Å². The molecule has 1 aromatic carbocycles. The molecule has 1 aliphatic rings. The van der Waals surface area contributed by atoms with Crippen LogP contribution in [-0.2, 0) is 11.3 Å². The van der Waals surface area contributed by atoms with Crippen LogP contribution in [0.15, 0.2) is 36.5 Å². The summed E-state index contributed by atoms with van der Waals surface area (Å²) in [6, 6.07) is 9.99. The van der Waals surface area contributed by atoms with Crippen LogP contribution in [0, 0.1) is 6.92 Å². The molecule has 0 saturated carbocycles. The van der Waals surface area contributed by atoms with Gasteiger partial charge in [-0.05, 0) is 12.5 Å². The first-order chi connectivity index (χ1) is 8.27. The van der Waals surface area contributed by atoms with Crippen molar-refractivity contribution in [3.05, 3.63) is 58.9 Å². The summed E-state index contributed by atoms with van der Waals surface area (Å²) in [5.74, 6) is 0.265. The largest absolute Gasteiger partial charge is 0.506 e. The van der Waals surface area contributed by atoms with Crippen LogP contribution < -0.4 is 0 Å². The maximum absolute atomic E-state index is 9.94. The number of nitrogens with zero attached hydrogens (tertiary/aromatic N) is 1. The zero-order valence-electron chi connectivity index (χ0n) is 9.55. The van der Waals surface area contributed by atoms with Gasteiger partial charge in [-0.25, -0.2) is 0 Å². The number of pyridine rings is 1. The number of aryl methyl sites for hydroxylation is 1. The van der Waals surface area contributed by atoms with Gasteiger partial charge < -0.3 is 9.84 Å². The minimum atomic E-state index is -0.106. The molecule has 3 rings (SSSR count). The van der Waals surface area contributed by atoms with Gasteiger partial charge in [0.15, 0.2) is 0 Å². The Morgan fingerprint density at radius 3 is 2.82 bits per heavy atom. The highest BCUT2D eigenvalue weighted by Crippen LogP contribution is 2.39. The molecule has 0 amide bonds. The van der Waals surface area contributed by atoms with Crippen LogP contribution in [0.3, 0.4) is 0 Å². The molecule has 2 aromatic rings. The molecule has 17 heavy (non-hydrogen) atoms. The smallest absolute Gasteiger partial charge is 0.142 e. The van der Waals surface area contributed by atoms with Gasteiger partial charge in [0.25, 0.3) is 0 Å². The molecule has 3 nitrogen and oxygen atoms in total. The molecular formula is C14H13NO2. The molecule has 0 fully saturated rings. The van der Waals surface area contributed by atoms with E-state index in [4.69, 9.17) is 4.74 Å². The minimum absolute atomic E-state index is 0.106. The average molecular weight is 227 g/mol. The Morgan fingerprint density at radius 2 is 2.06 bits per heavy atom. The number of hydrogen-bond acceptors (Lipinski definition) is 3. The molecule has 2 heterocycles. The zero-order valence-corrected chi connectivity index (χ0v) is 9.55. The van der Waals surface area contributed by atoms with Crippen molar-refractivity contribution < 1.29 is 9.84 Å². The standard InChI is InChI=1S/C14H13NO2/c1-9-13(16)12-8-17-14(11(12)7-15-9)10-5-3-2-4-6-10/h2-7,14,16H,8H2,1H3. The molecule has 0 bridgehead atoms. The molecule has 0 radical (unpaired) electrons. The van der Waals surface area contributed by atoms with Crippen LogP contribution in [-0.4, -0.2) is 10.1 Å². The van der Waals surface area contributed by atoms with Crippen LogP contribution in [0.25, 0.3) is 0 Å². The highest BCUT2D eigenvalue weighted by molar-refractivity contribution is 5.46. The average Bonchev–Trinajstić information content (AvgIpc) is 2.79. The summed E-state index contributed by atoms with van der Waals surface area (Å²) in [6.45, 7) is 2.25. The SMILES string of the molecule is Cc1ncc2c(c1O)COC2c1ccccc1. The summed E-state index contributed by atoms with van der Waals surface area (Å²) >= 11 is 0. The number of fused-ring (bicyclic) bond motifs is 1. The zero-order chi connectivity index (χ0) is 11.8. The van der Waals surface area contributed by atoms with Crippen LogP contribution in [0.4, 0.5) is 0 Å². The van der Waals surface area contributed by atoms with Gasteiger partial charge in [-0.2, -0.15) is 0 Å². The van der Waals surface area contributed by atoms with Crippen LogP contribution in [0.2, 0.25) is 0 Å². The summed E-state index contributed by atoms with van der Waals surface area (Å²) in [5, 5.41) is 9.94. The predicted octanol–water partition coefficient (Wildman–Crippen LogP) is 2.72. The third kappa shape index (κ3) is 1.59. The van der Waals surface area contributed by atoms with E-state index in [0.29, 0.717) is 12.3 Å². The van der Waals surface area contributed by atoms with E-state index >= 15 is 0 Å². The van der Waals surface area contributed by atoms with Gasteiger partial charge >= 0.3 is 0 Å². The summed E-state index contributed by atoms with van der Waals surface area (Å²) in [5.41, 5.74) is 3.59. The van der Waals surface area contributed by atoms with Crippen LogP contribution in [0.1, 0.15) is 28.5 Å². The fraction of sp³-hybridized carbons (Fsp3) is 0.214. The lowest BCUT2D eigenvalue weighted by Crippen LogP contribution is -1.99. The molecule has 1 atom stereocenters. The maximum atomic E-state index is 9.94.